The number of sulfonamides is 1. The minimum Gasteiger partial charge on any atom is -0.454 e. The first kappa shape index (κ1) is 23.3. The van der Waals surface area contributed by atoms with E-state index >= 15 is 0 Å². The van der Waals surface area contributed by atoms with Crippen molar-refractivity contribution < 1.29 is 27.5 Å². The monoisotopic (exact) mass is 481 g/mol. The molecule has 0 spiro atoms. The Labute approximate surface area is 197 Å². The average Bonchev–Trinajstić information content (AvgIpc) is 3.26. The molecule has 0 aromatic heterocycles. The topological polar surface area (TPSA) is 123 Å². The Balaban J connectivity index is 1.48. The molecule has 34 heavy (non-hydrogen) atoms. The summed E-state index contributed by atoms with van der Waals surface area (Å²) >= 11 is 0. The van der Waals surface area contributed by atoms with E-state index in [1.54, 1.807) is 56.3 Å². The number of rotatable bonds is 7. The third kappa shape index (κ3) is 5.19. The van der Waals surface area contributed by atoms with Gasteiger partial charge in [-0.1, -0.05) is 12.1 Å². The van der Waals surface area contributed by atoms with Crippen molar-refractivity contribution in [3.8, 4) is 11.5 Å². The SMILES string of the molecule is CC(C)NS(=O)(=O)c1ccc(C(=O)Nc2ccccc2C(=O)Nc2ccc3c(c2)OCO3)cc1. The standard InChI is InChI=1S/C24H23N3O6S/c1-15(2)27-34(30,31)18-10-7-16(8-11-18)23(28)26-20-6-4-3-5-19(20)24(29)25-17-9-12-21-22(13-17)33-14-32-21/h3-13,15,27H,14H2,1-2H3,(H,25,29)(H,26,28). The molecule has 3 aromatic carbocycles. The molecule has 0 bridgehead atoms. The second kappa shape index (κ2) is 9.54. The van der Waals surface area contributed by atoms with Crippen molar-refractivity contribution in [2.75, 3.05) is 17.4 Å². The number of carbonyl (C=O) groups excluding carboxylic acids is 2. The molecule has 3 aromatic rings. The highest BCUT2D eigenvalue weighted by Crippen LogP contribution is 2.34. The Bertz CT molecular complexity index is 1340. The van der Waals surface area contributed by atoms with E-state index in [0.717, 1.165) is 0 Å². The van der Waals surface area contributed by atoms with Crippen LogP contribution in [0.15, 0.2) is 71.6 Å². The van der Waals surface area contributed by atoms with Gasteiger partial charge in [0, 0.05) is 23.4 Å². The molecule has 0 saturated carbocycles. The first-order valence-corrected chi connectivity index (χ1v) is 11.9. The van der Waals surface area contributed by atoms with E-state index in [1.807, 2.05) is 0 Å². The van der Waals surface area contributed by atoms with Gasteiger partial charge in [-0.05, 0) is 62.4 Å². The molecular formula is C24H23N3O6S. The van der Waals surface area contributed by atoms with E-state index in [-0.39, 0.29) is 28.9 Å². The lowest BCUT2D eigenvalue weighted by Gasteiger charge is -2.13. The lowest BCUT2D eigenvalue weighted by Crippen LogP contribution is -2.30. The fourth-order valence-electron chi connectivity index (χ4n) is 3.32. The zero-order chi connectivity index (χ0) is 24.3. The van der Waals surface area contributed by atoms with Crippen LogP contribution in [0, 0.1) is 0 Å². The van der Waals surface area contributed by atoms with Crippen LogP contribution in [0.2, 0.25) is 0 Å². The van der Waals surface area contributed by atoms with E-state index in [4.69, 9.17) is 9.47 Å². The summed E-state index contributed by atoms with van der Waals surface area (Å²) in [6.45, 7) is 3.57. The molecule has 0 unspecified atom stereocenters. The van der Waals surface area contributed by atoms with Crippen LogP contribution in [0.3, 0.4) is 0 Å². The summed E-state index contributed by atoms with van der Waals surface area (Å²) < 4.78 is 37.6. The molecule has 3 N–H and O–H groups in total. The van der Waals surface area contributed by atoms with E-state index < -0.39 is 21.8 Å². The molecule has 0 radical (unpaired) electrons. The molecule has 176 valence electrons. The number of benzene rings is 3. The smallest absolute Gasteiger partial charge is 0.257 e. The van der Waals surface area contributed by atoms with Crippen LogP contribution in [0.25, 0.3) is 0 Å². The van der Waals surface area contributed by atoms with Crippen LogP contribution in [-0.2, 0) is 10.0 Å². The van der Waals surface area contributed by atoms with E-state index in [2.05, 4.69) is 15.4 Å². The van der Waals surface area contributed by atoms with Gasteiger partial charge in [0.25, 0.3) is 11.8 Å². The predicted molar refractivity (Wildman–Crippen MR) is 127 cm³/mol. The highest BCUT2D eigenvalue weighted by molar-refractivity contribution is 7.89. The van der Waals surface area contributed by atoms with Gasteiger partial charge in [0.2, 0.25) is 16.8 Å². The summed E-state index contributed by atoms with van der Waals surface area (Å²) in [5, 5.41) is 5.50. The number of anilines is 2. The Hall–Kier alpha value is -3.89. The number of carbonyl (C=O) groups is 2. The molecule has 9 nitrogen and oxygen atoms in total. The van der Waals surface area contributed by atoms with Crippen molar-refractivity contribution in [2.45, 2.75) is 24.8 Å². The van der Waals surface area contributed by atoms with E-state index in [0.29, 0.717) is 22.9 Å². The van der Waals surface area contributed by atoms with Gasteiger partial charge in [0.1, 0.15) is 0 Å². The van der Waals surface area contributed by atoms with Crippen LogP contribution in [0.5, 0.6) is 11.5 Å². The molecule has 4 rings (SSSR count). The average molecular weight is 482 g/mol. The van der Waals surface area contributed by atoms with Gasteiger partial charge in [-0.2, -0.15) is 0 Å². The van der Waals surface area contributed by atoms with Crippen LogP contribution >= 0.6 is 0 Å². The number of nitrogens with one attached hydrogen (secondary N) is 3. The number of hydrogen-bond donors (Lipinski definition) is 3. The zero-order valence-electron chi connectivity index (χ0n) is 18.5. The maximum Gasteiger partial charge on any atom is 0.257 e. The summed E-state index contributed by atoms with van der Waals surface area (Å²) in [4.78, 5) is 25.7. The quantitative estimate of drug-likeness (QED) is 0.474. The highest BCUT2D eigenvalue weighted by Gasteiger charge is 2.19. The molecule has 1 aliphatic rings. The molecule has 1 aliphatic heterocycles. The highest BCUT2D eigenvalue weighted by atomic mass is 32.2. The van der Waals surface area contributed by atoms with Crippen molar-refractivity contribution >= 4 is 33.2 Å². The van der Waals surface area contributed by atoms with Gasteiger partial charge in [-0.3, -0.25) is 9.59 Å². The largest absolute Gasteiger partial charge is 0.454 e. The molecule has 2 amide bonds. The summed E-state index contributed by atoms with van der Waals surface area (Å²) in [7, 11) is -3.66. The zero-order valence-corrected chi connectivity index (χ0v) is 19.3. The number of hydrogen-bond acceptors (Lipinski definition) is 6. The fraction of sp³-hybridized carbons (Fsp3) is 0.167. The number of ether oxygens (including phenoxy) is 2. The van der Waals surface area contributed by atoms with Crippen LogP contribution in [0.4, 0.5) is 11.4 Å². The molecule has 10 heteroatoms. The lowest BCUT2D eigenvalue weighted by atomic mass is 10.1. The van der Waals surface area contributed by atoms with Crippen molar-refractivity contribution in [1.82, 2.24) is 4.72 Å². The maximum absolute atomic E-state index is 12.9. The molecule has 0 saturated heterocycles. The minimum atomic E-state index is -3.66. The summed E-state index contributed by atoms with van der Waals surface area (Å²) in [6, 6.07) is 16.9. The summed E-state index contributed by atoms with van der Waals surface area (Å²) in [6.07, 6.45) is 0. The van der Waals surface area contributed by atoms with Gasteiger partial charge in [0.05, 0.1) is 16.1 Å². The first-order valence-electron chi connectivity index (χ1n) is 10.5. The maximum atomic E-state index is 12.9. The van der Waals surface area contributed by atoms with Gasteiger partial charge in [-0.15, -0.1) is 0 Å². The number of para-hydroxylation sites is 1. The Kier molecular flexibility index (Phi) is 6.53. The van der Waals surface area contributed by atoms with Gasteiger partial charge in [0.15, 0.2) is 11.5 Å². The molecule has 1 heterocycles. The fourth-order valence-corrected chi connectivity index (χ4v) is 4.57. The Morgan fingerprint density at radius 1 is 0.853 bits per heavy atom. The van der Waals surface area contributed by atoms with Crippen molar-refractivity contribution in [2.24, 2.45) is 0 Å². The minimum absolute atomic E-state index is 0.0567. The summed E-state index contributed by atoms with van der Waals surface area (Å²) in [5.41, 5.74) is 1.33. The molecule has 0 fully saturated rings. The van der Waals surface area contributed by atoms with Crippen LogP contribution in [-0.4, -0.2) is 33.1 Å². The lowest BCUT2D eigenvalue weighted by molar-refractivity contribution is 0.102. The third-order valence-electron chi connectivity index (χ3n) is 4.87. The second-order valence-corrected chi connectivity index (χ2v) is 9.54. The molecular weight excluding hydrogens is 458 g/mol. The first-order chi connectivity index (χ1) is 16.2. The van der Waals surface area contributed by atoms with E-state index in [9.17, 15) is 18.0 Å². The third-order valence-corrected chi connectivity index (χ3v) is 6.54. The van der Waals surface area contributed by atoms with Gasteiger partial charge >= 0.3 is 0 Å². The Morgan fingerprint density at radius 2 is 1.56 bits per heavy atom. The van der Waals surface area contributed by atoms with Crippen molar-refractivity contribution in [3.63, 3.8) is 0 Å². The van der Waals surface area contributed by atoms with Crippen molar-refractivity contribution in [1.29, 1.82) is 0 Å². The van der Waals surface area contributed by atoms with Gasteiger partial charge in [-0.25, -0.2) is 13.1 Å². The van der Waals surface area contributed by atoms with Crippen LogP contribution in [0.1, 0.15) is 34.6 Å². The molecule has 0 atom stereocenters. The normalized spacial score (nSPS) is 12.4. The summed E-state index contributed by atoms with van der Waals surface area (Å²) in [5.74, 6) is 0.234. The Morgan fingerprint density at radius 3 is 2.29 bits per heavy atom. The second-order valence-electron chi connectivity index (χ2n) is 7.82. The van der Waals surface area contributed by atoms with Gasteiger partial charge < -0.3 is 20.1 Å². The number of fused-ring (bicyclic) bond motifs is 1. The van der Waals surface area contributed by atoms with Crippen molar-refractivity contribution in [3.05, 3.63) is 77.9 Å². The van der Waals surface area contributed by atoms with Crippen LogP contribution < -0.4 is 24.8 Å². The van der Waals surface area contributed by atoms with E-state index in [1.165, 1.54) is 24.3 Å². The number of amides is 2. The molecule has 0 aliphatic carbocycles. The predicted octanol–water partition coefficient (Wildman–Crippen LogP) is 3.61.